The second-order valence-corrected chi connectivity index (χ2v) is 9.54. The van der Waals surface area contributed by atoms with Gasteiger partial charge in [-0.05, 0) is 42.5 Å². The molecule has 0 amide bonds. The molecule has 0 aliphatic rings. The fourth-order valence-electron chi connectivity index (χ4n) is 5.71. The largest absolute Gasteiger partial charge is 0.309 e. The monoisotopic (exact) mass is 486 g/mol. The second kappa shape index (κ2) is 8.15. The van der Waals surface area contributed by atoms with Crippen LogP contribution in [0.1, 0.15) is 0 Å². The lowest BCUT2D eigenvalue weighted by atomic mass is 10.1. The Hall–Kier alpha value is -5.22. The van der Waals surface area contributed by atoms with E-state index in [4.69, 9.17) is 9.97 Å². The molecule has 0 aliphatic carbocycles. The van der Waals surface area contributed by atoms with Crippen molar-refractivity contribution in [2.24, 2.45) is 0 Å². The van der Waals surface area contributed by atoms with E-state index in [1.165, 1.54) is 21.8 Å². The minimum absolute atomic E-state index is 0.708. The van der Waals surface area contributed by atoms with Gasteiger partial charge in [0.1, 0.15) is 5.65 Å². The molecule has 4 heteroatoms. The molecule has 178 valence electrons. The third-order valence-corrected chi connectivity index (χ3v) is 7.37. The fraction of sp³-hybridized carbons (Fsp3) is 0. The van der Waals surface area contributed by atoms with E-state index in [-0.39, 0.29) is 0 Å². The van der Waals surface area contributed by atoms with Crippen molar-refractivity contribution in [3.63, 3.8) is 0 Å². The molecule has 0 radical (unpaired) electrons. The molecular weight excluding hydrogens is 464 g/mol. The molecule has 0 unspecified atom stereocenters. The Morgan fingerprint density at radius 1 is 0.447 bits per heavy atom. The van der Waals surface area contributed by atoms with E-state index >= 15 is 0 Å². The number of rotatable bonds is 3. The molecule has 0 saturated heterocycles. The van der Waals surface area contributed by atoms with Gasteiger partial charge in [-0.3, -0.25) is 4.57 Å². The van der Waals surface area contributed by atoms with Crippen LogP contribution in [-0.4, -0.2) is 19.1 Å². The summed E-state index contributed by atoms with van der Waals surface area (Å²) in [6.45, 7) is 0. The van der Waals surface area contributed by atoms with Gasteiger partial charge in [-0.15, -0.1) is 0 Å². The van der Waals surface area contributed by atoms with Crippen LogP contribution in [0.3, 0.4) is 0 Å². The van der Waals surface area contributed by atoms with Crippen LogP contribution in [0, 0.1) is 0 Å². The minimum Gasteiger partial charge on any atom is -0.309 e. The average molecular weight is 487 g/mol. The quantitative estimate of drug-likeness (QED) is 0.252. The van der Waals surface area contributed by atoms with E-state index in [1.54, 1.807) is 0 Å². The molecule has 5 aromatic carbocycles. The first-order valence-corrected chi connectivity index (χ1v) is 12.8. The molecule has 3 aromatic heterocycles. The van der Waals surface area contributed by atoms with Gasteiger partial charge in [-0.25, -0.2) is 9.97 Å². The van der Waals surface area contributed by atoms with Gasteiger partial charge in [0.25, 0.3) is 0 Å². The predicted octanol–water partition coefficient (Wildman–Crippen LogP) is 8.34. The summed E-state index contributed by atoms with van der Waals surface area (Å²) < 4.78 is 4.56. The molecule has 0 fully saturated rings. The highest BCUT2D eigenvalue weighted by Crippen LogP contribution is 2.34. The van der Waals surface area contributed by atoms with Crippen LogP contribution in [0.15, 0.2) is 134 Å². The first-order chi connectivity index (χ1) is 18.9. The maximum absolute atomic E-state index is 5.15. The summed E-state index contributed by atoms with van der Waals surface area (Å²) in [5.41, 5.74) is 7.56. The molecule has 0 atom stereocenters. The molecule has 0 aliphatic heterocycles. The number of hydrogen-bond acceptors (Lipinski definition) is 2. The molecule has 38 heavy (non-hydrogen) atoms. The van der Waals surface area contributed by atoms with Gasteiger partial charge < -0.3 is 4.57 Å². The standard InChI is InChI=1S/C34H22N4/c1-2-12-24(13-3-1)38-32-20-9-6-17-28(32)29-22-35-33(36-34(29)38)23-11-10-14-25(21-23)37-30-18-7-4-15-26(30)27-16-5-8-19-31(27)37/h1-22H. The van der Waals surface area contributed by atoms with Gasteiger partial charge in [-0.2, -0.15) is 0 Å². The number of hydrogen-bond donors (Lipinski definition) is 0. The average Bonchev–Trinajstić information content (AvgIpc) is 3.50. The van der Waals surface area contributed by atoms with Crippen LogP contribution < -0.4 is 0 Å². The number of benzene rings is 5. The highest BCUT2D eigenvalue weighted by atomic mass is 15.1. The van der Waals surface area contributed by atoms with Crippen molar-refractivity contribution in [3.05, 3.63) is 134 Å². The molecule has 8 aromatic rings. The van der Waals surface area contributed by atoms with E-state index in [9.17, 15) is 0 Å². The zero-order chi connectivity index (χ0) is 25.1. The van der Waals surface area contributed by atoms with Crippen molar-refractivity contribution >= 4 is 43.7 Å². The first kappa shape index (κ1) is 20.9. The van der Waals surface area contributed by atoms with E-state index in [0.29, 0.717) is 5.82 Å². The van der Waals surface area contributed by atoms with Crippen molar-refractivity contribution in [1.29, 1.82) is 0 Å². The lowest BCUT2D eigenvalue weighted by molar-refractivity contribution is 1.11. The van der Waals surface area contributed by atoms with Gasteiger partial charge in [-0.1, -0.05) is 84.9 Å². The molecular formula is C34H22N4. The van der Waals surface area contributed by atoms with Gasteiger partial charge >= 0.3 is 0 Å². The van der Waals surface area contributed by atoms with Crippen LogP contribution >= 0.6 is 0 Å². The summed E-state index contributed by atoms with van der Waals surface area (Å²) in [6, 6.07) is 44.5. The normalized spacial score (nSPS) is 11.7. The SMILES string of the molecule is c1ccc(-n2c3ccccc3c3cnc(-c4cccc(-n5c6ccccc6c6ccccc65)c4)nc32)cc1. The molecule has 0 saturated carbocycles. The van der Waals surface area contributed by atoms with Gasteiger partial charge in [0.05, 0.1) is 16.6 Å². The maximum atomic E-state index is 5.15. The molecule has 0 bridgehead atoms. The summed E-state index contributed by atoms with van der Waals surface area (Å²) in [6.07, 6.45) is 1.96. The Balaban J connectivity index is 1.36. The topological polar surface area (TPSA) is 35.6 Å². The number of fused-ring (bicyclic) bond motifs is 6. The number of nitrogens with zero attached hydrogens (tertiary/aromatic N) is 4. The van der Waals surface area contributed by atoms with E-state index < -0.39 is 0 Å². The van der Waals surface area contributed by atoms with Crippen LogP contribution in [0.25, 0.3) is 66.5 Å². The Bertz CT molecular complexity index is 2080. The lowest BCUT2D eigenvalue weighted by Crippen LogP contribution is -1.98. The van der Waals surface area contributed by atoms with Gasteiger partial charge in [0, 0.05) is 44.7 Å². The number of aromatic nitrogens is 4. The van der Waals surface area contributed by atoms with Gasteiger partial charge in [0.2, 0.25) is 0 Å². The van der Waals surface area contributed by atoms with E-state index in [1.807, 2.05) is 12.3 Å². The molecule has 0 N–H and O–H groups in total. The summed E-state index contributed by atoms with van der Waals surface area (Å²) in [5, 5.41) is 4.70. The van der Waals surface area contributed by atoms with Crippen LogP contribution in [0.2, 0.25) is 0 Å². The third kappa shape index (κ3) is 3.04. The second-order valence-electron chi connectivity index (χ2n) is 9.54. The Morgan fingerprint density at radius 3 is 1.68 bits per heavy atom. The highest BCUT2D eigenvalue weighted by Gasteiger charge is 2.16. The van der Waals surface area contributed by atoms with Crippen molar-refractivity contribution in [1.82, 2.24) is 19.1 Å². The molecule has 4 nitrogen and oxygen atoms in total. The van der Waals surface area contributed by atoms with Crippen molar-refractivity contribution in [2.75, 3.05) is 0 Å². The van der Waals surface area contributed by atoms with Crippen molar-refractivity contribution in [3.8, 4) is 22.8 Å². The van der Waals surface area contributed by atoms with Crippen LogP contribution in [-0.2, 0) is 0 Å². The zero-order valence-electron chi connectivity index (χ0n) is 20.5. The van der Waals surface area contributed by atoms with E-state index in [0.717, 1.165) is 38.9 Å². The highest BCUT2D eigenvalue weighted by molar-refractivity contribution is 6.09. The summed E-state index contributed by atoms with van der Waals surface area (Å²) in [4.78, 5) is 10.00. The molecule has 0 spiro atoms. The summed E-state index contributed by atoms with van der Waals surface area (Å²) in [5.74, 6) is 0.708. The summed E-state index contributed by atoms with van der Waals surface area (Å²) in [7, 11) is 0. The molecule has 8 rings (SSSR count). The zero-order valence-corrected chi connectivity index (χ0v) is 20.5. The Kier molecular flexibility index (Phi) is 4.49. The third-order valence-electron chi connectivity index (χ3n) is 7.37. The lowest BCUT2D eigenvalue weighted by Gasteiger charge is -2.10. The first-order valence-electron chi connectivity index (χ1n) is 12.8. The van der Waals surface area contributed by atoms with Crippen molar-refractivity contribution in [2.45, 2.75) is 0 Å². The van der Waals surface area contributed by atoms with Crippen LogP contribution in [0.4, 0.5) is 0 Å². The minimum atomic E-state index is 0.708. The predicted molar refractivity (Wildman–Crippen MR) is 156 cm³/mol. The smallest absolute Gasteiger partial charge is 0.161 e. The van der Waals surface area contributed by atoms with Crippen molar-refractivity contribution < 1.29 is 0 Å². The summed E-state index contributed by atoms with van der Waals surface area (Å²) >= 11 is 0. The fourth-order valence-corrected chi connectivity index (χ4v) is 5.71. The number of para-hydroxylation sites is 4. The van der Waals surface area contributed by atoms with E-state index in [2.05, 4.69) is 130 Å². The Morgan fingerprint density at radius 2 is 1.00 bits per heavy atom. The maximum Gasteiger partial charge on any atom is 0.161 e. The van der Waals surface area contributed by atoms with Gasteiger partial charge in [0.15, 0.2) is 5.82 Å². The molecule has 3 heterocycles. The Labute approximate surface area is 219 Å². The van der Waals surface area contributed by atoms with Crippen LogP contribution in [0.5, 0.6) is 0 Å².